The number of hydrogen-bond acceptors (Lipinski definition) is 2. The van der Waals surface area contributed by atoms with Gasteiger partial charge in [0, 0.05) is 19.2 Å². The summed E-state index contributed by atoms with van der Waals surface area (Å²) in [6.07, 6.45) is 2.36. The number of unbranched alkanes of at least 4 members (excludes halogenated alkanes) is 1. The second-order valence-electron chi connectivity index (χ2n) is 5.43. The quantitative estimate of drug-likeness (QED) is 0.714. The van der Waals surface area contributed by atoms with Gasteiger partial charge < -0.3 is 10.1 Å². The molecule has 0 aliphatic heterocycles. The maximum absolute atomic E-state index is 5.57. The van der Waals surface area contributed by atoms with Crippen molar-refractivity contribution in [1.82, 2.24) is 5.32 Å². The topological polar surface area (TPSA) is 21.3 Å². The monoisotopic (exact) mass is 263 g/mol. The van der Waals surface area contributed by atoms with Gasteiger partial charge in [-0.2, -0.15) is 0 Å². The molecule has 0 amide bonds. The van der Waals surface area contributed by atoms with Crippen LogP contribution >= 0.6 is 0 Å². The lowest BCUT2D eigenvalue weighted by atomic mass is 9.96. The van der Waals surface area contributed by atoms with E-state index in [-0.39, 0.29) is 0 Å². The molecule has 2 nitrogen and oxygen atoms in total. The molecule has 108 valence electrons. The molecule has 1 atom stereocenters. The van der Waals surface area contributed by atoms with E-state index in [1.807, 2.05) is 0 Å². The fraction of sp³-hybridized carbons (Fsp3) is 0.647. The largest absolute Gasteiger partial charge is 0.380 e. The zero-order valence-electron chi connectivity index (χ0n) is 13.2. The van der Waals surface area contributed by atoms with E-state index in [1.54, 1.807) is 0 Å². The highest BCUT2D eigenvalue weighted by Crippen LogP contribution is 2.21. The fourth-order valence-electron chi connectivity index (χ4n) is 2.26. The van der Waals surface area contributed by atoms with Gasteiger partial charge in [-0.15, -0.1) is 0 Å². The molecule has 0 saturated carbocycles. The van der Waals surface area contributed by atoms with Crippen LogP contribution in [0.15, 0.2) is 12.1 Å². The molecule has 2 heteroatoms. The van der Waals surface area contributed by atoms with E-state index in [4.69, 9.17) is 4.74 Å². The Bertz CT molecular complexity index is 387. The molecule has 0 radical (unpaired) electrons. The summed E-state index contributed by atoms with van der Waals surface area (Å²) in [4.78, 5) is 0. The number of aryl methyl sites for hydroxylation is 3. The van der Waals surface area contributed by atoms with Gasteiger partial charge in [0.25, 0.3) is 0 Å². The molecule has 1 N–H and O–H groups in total. The minimum absolute atomic E-state index is 0.383. The lowest BCUT2D eigenvalue weighted by Gasteiger charge is -2.18. The molecule has 0 aromatic heterocycles. The van der Waals surface area contributed by atoms with Crippen LogP contribution < -0.4 is 5.32 Å². The first-order valence-corrected chi connectivity index (χ1v) is 7.45. The van der Waals surface area contributed by atoms with Crippen LogP contribution in [-0.2, 0) is 4.74 Å². The Morgan fingerprint density at radius 1 is 1.05 bits per heavy atom. The predicted octanol–water partition coefficient (Wildman–Crippen LogP) is 4.08. The summed E-state index contributed by atoms with van der Waals surface area (Å²) in [7, 11) is 0. The maximum atomic E-state index is 5.57. The molecule has 19 heavy (non-hydrogen) atoms. The summed E-state index contributed by atoms with van der Waals surface area (Å²) < 4.78 is 5.57. The molecular weight excluding hydrogens is 234 g/mol. The van der Waals surface area contributed by atoms with Crippen LogP contribution in [0, 0.1) is 20.8 Å². The predicted molar refractivity (Wildman–Crippen MR) is 82.8 cm³/mol. The van der Waals surface area contributed by atoms with Crippen molar-refractivity contribution in [3.05, 3.63) is 34.4 Å². The van der Waals surface area contributed by atoms with Crippen molar-refractivity contribution in [2.24, 2.45) is 0 Å². The number of nitrogens with one attached hydrogen (secondary N) is 1. The van der Waals surface area contributed by atoms with Crippen LogP contribution in [0.3, 0.4) is 0 Å². The Morgan fingerprint density at radius 2 is 1.74 bits per heavy atom. The summed E-state index contributed by atoms with van der Waals surface area (Å²) in [6, 6.07) is 4.97. The second-order valence-corrected chi connectivity index (χ2v) is 5.43. The van der Waals surface area contributed by atoms with Crippen LogP contribution in [-0.4, -0.2) is 19.8 Å². The van der Waals surface area contributed by atoms with E-state index < -0.39 is 0 Å². The summed E-state index contributed by atoms with van der Waals surface area (Å²) >= 11 is 0. The van der Waals surface area contributed by atoms with Crippen LogP contribution in [0.1, 0.15) is 55.0 Å². The number of rotatable bonds is 8. The van der Waals surface area contributed by atoms with Gasteiger partial charge in [-0.3, -0.25) is 0 Å². The molecule has 0 aliphatic carbocycles. The van der Waals surface area contributed by atoms with Gasteiger partial charge >= 0.3 is 0 Å². The number of ether oxygens (including phenoxy) is 1. The molecule has 0 bridgehead atoms. The van der Waals surface area contributed by atoms with Gasteiger partial charge in [0.05, 0.1) is 6.61 Å². The van der Waals surface area contributed by atoms with Crippen molar-refractivity contribution in [2.75, 3.05) is 19.8 Å². The van der Waals surface area contributed by atoms with E-state index >= 15 is 0 Å². The molecular formula is C17H29NO. The first-order chi connectivity index (χ1) is 9.06. The normalized spacial score (nSPS) is 12.7. The van der Waals surface area contributed by atoms with Gasteiger partial charge in [-0.05, 0) is 56.4 Å². The zero-order chi connectivity index (χ0) is 14.3. The third kappa shape index (κ3) is 5.33. The fourth-order valence-corrected chi connectivity index (χ4v) is 2.26. The van der Waals surface area contributed by atoms with E-state index in [9.17, 15) is 0 Å². The third-order valence-corrected chi connectivity index (χ3v) is 3.69. The van der Waals surface area contributed by atoms with Crippen LogP contribution in [0.5, 0.6) is 0 Å². The Kier molecular flexibility index (Phi) is 7.11. The lowest BCUT2D eigenvalue weighted by Crippen LogP contribution is -2.24. The lowest BCUT2D eigenvalue weighted by molar-refractivity contribution is 0.131. The van der Waals surface area contributed by atoms with Crippen molar-refractivity contribution in [3.63, 3.8) is 0 Å². The van der Waals surface area contributed by atoms with Gasteiger partial charge in [-0.1, -0.05) is 25.5 Å². The summed E-state index contributed by atoms with van der Waals surface area (Å²) in [6.45, 7) is 13.6. The van der Waals surface area contributed by atoms with Crippen molar-refractivity contribution < 1.29 is 4.74 Å². The first kappa shape index (κ1) is 16.2. The van der Waals surface area contributed by atoms with Gasteiger partial charge in [0.15, 0.2) is 0 Å². The van der Waals surface area contributed by atoms with Gasteiger partial charge in [0.1, 0.15) is 0 Å². The Balaban J connectivity index is 2.41. The minimum Gasteiger partial charge on any atom is -0.380 e. The number of hydrogen-bond donors (Lipinski definition) is 1. The molecule has 1 rings (SSSR count). The summed E-state index contributed by atoms with van der Waals surface area (Å²) in [5, 5.41) is 3.54. The van der Waals surface area contributed by atoms with Gasteiger partial charge in [-0.25, -0.2) is 0 Å². The highest BCUT2D eigenvalue weighted by atomic mass is 16.5. The van der Waals surface area contributed by atoms with E-state index in [0.29, 0.717) is 6.04 Å². The summed E-state index contributed by atoms with van der Waals surface area (Å²) in [5.74, 6) is 0. The Morgan fingerprint density at radius 3 is 2.42 bits per heavy atom. The molecule has 0 heterocycles. The molecule has 1 unspecified atom stereocenters. The molecule has 0 spiro atoms. The third-order valence-electron chi connectivity index (χ3n) is 3.69. The Labute approximate surface area is 118 Å². The minimum atomic E-state index is 0.383. The first-order valence-electron chi connectivity index (χ1n) is 7.45. The second kappa shape index (κ2) is 8.34. The average Bonchev–Trinajstić information content (AvgIpc) is 2.37. The standard InChI is InChI=1S/C17H29NO/c1-6-7-9-19-10-8-18-16(5)17-12-14(3)13(2)11-15(17)4/h11-12,16,18H,6-10H2,1-5H3. The van der Waals surface area contributed by atoms with Crippen molar-refractivity contribution in [1.29, 1.82) is 0 Å². The van der Waals surface area contributed by atoms with E-state index in [1.165, 1.54) is 28.7 Å². The van der Waals surface area contributed by atoms with Crippen LogP contribution in [0.25, 0.3) is 0 Å². The van der Waals surface area contributed by atoms with Crippen LogP contribution in [0.4, 0.5) is 0 Å². The van der Waals surface area contributed by atoms with Crippen LogP contribution in [0.2, 0.25) is 0 Å². The maximum Gasteiger partial charge on any atom is 0.0591 e. The Hall–Kier alpha value is -0.860. The zero-order valence-corrected chi connectivity index (χ0v) is 13.2. The highest BCUT2D eigenvalue weighted by Gasteiger charge is 2.09. The van der Waals surface area contributed by atoms with E-state index in [2.05, 4.69) is 52.1 Å². The molecule has 1 aromatic rings. The average molecular weight is 263 g/mol. The number of benzene rings is 1. The molecule has 1 aromatic carbocycles. The van der Waals surface area contributed by atoms with Crippen molar-refractivity contribution >= 4 is 0 Å². The van der Waals surface area contributed by atoms with Crippen molar-refractivity contribution in [3.8, 4) is 0 Å². The molecule has 0 saturated heterocycles. The van der Waals surface area contributed by atoms with Gasteiger partial charge in [0.2, 0.25) is 0 Å². The van der Waals surface area contributed by atoms with E-state index in [0.717, 1.165) is 26.2 Å². The molecule has 0 aliphatic rings. The highest BCUT2D eigenvalue weighted by molar-refractivity contribution is 5.37. The smallest absolute Gasteiger partial charge is 0.0591 e. The molecule has 0 fully saturated rings. The van der Waals surface area contributed by atoms with Crippen molar-refractivity contribution in [2.45, 2.75) is 53.5 Å². The summed E-state index contributed by atoms with van der Waals surface area (Å²) in [5.41, 5.74) is 5.51. The SMILES string of the molecule is CCCCOCCNC(C)c1cc(C)c(C)cc1C.